The minimum absolute atomic E-state index is 0.0358. The van der Waals surface area contributed by atoms with Crippen molar-refractivity contribution in [2.24, 2.45) is 0 Å². The molecule has 212 valence electrons. The maximum Gasteiger partial charge on any atom is 0.198 e. The third kappa shape index (κ3) is 3.82. The van der Waals surface area contributed by atoms with Gasteiger partial charge >= 0.3 is 0 Å². The molecule has 4 aliphatic rings. The van der Waals surface area contributed by atoms with Crippen LogP contribution < -0.4 is 0 Å². The zero-order valence-electron chi connectivity index (χ0n) is 22.5. The lowest BCUT2D eigenvalue weighted by Crippen LogP contribution is -2.60. The minimum atomic E-state index is -0.703. The first kappa shape index (κ1) is 26.1. The van der Waals surface area contributed by atoms with Crippen LogP contribution in [0.25, 0.3) is 10.8 Å². The Bertz CT molecular complexity index is 1680. The fourth-order valence-corrected chi connectivity index (χ4v) is 6.57. The fraction of sp³-hybridized carbons (Fsp3) is 0.387. The van der Waals surface area contributed by atoms with E-state index in [0.29, 0.717) is 11.1 Å². The topological polar surface area (TPSA) is 149 Å². The number of ether oxygens (including phenoxy) is 4. The van der Waals surface area contributed by atoms with Gasteiger partial charge in [-0.05, 0) is 50.6 Å². The number of fused-ring (bicyclic) bond motifs is 5. The Balaban J connectivity index is 1.24. The van der Waals surface area contributed by atoms with E-state index in [0.717, 1.165) is 0 Å². The van der Waals surface area contributed by atoms with Crippen molar-refractivity contribution in [2.45, 2.75) is 76.5 Å². The lowest BCUT2D eigenvalue weighted by molar-refractivity contribution is -0.346. The van der Waals surface area contributed by atoms with Crippen molar-refractivity contribution < 1.29 is 48.7 Å². The van der Waals surface area contributed by atoms with Crippen molar-refractivity contribution >= 4 is 28.1 Å². The average molecular weight is 561 g/mol. The molecule has 7 atom stereocenters. The second kappa shape index (κ2) is 9.09. The fourth-order valence-electron chi connectivity index (χ4n) is 6.57. The molecule has 3 aromatic carbocycles. The van der Waals surface area contributed by atoms with E-state index in [1.54, 1.807) is 26.0 Å². The molecule has 3 fully saturated rings. The normalized spacial score (nSPS) is 30.9. The number of carbonyl (C=O) groups excluding carboxylic acids is 3. The van der Waals surface area contributed by atoms with Crippen LogP contribution in [0.2, 0.25) is 0 Å². The van der Waals surface area contributed by atoms with Crippen LogP contribution in [0.4, 0.5) is 0 Å². The molecule has 2 unspecified atom stereocenters. The Morgan fingerprint density at radius 3 is 2.29 bits per heavy atom. The number of ketones is 3. The number of rotatable bonds is 1. The Kier molecular flexibility index (Phi) is 5.78. The predicted octanol–water partition coefficient (Wildman–Crippen LogP) is 3.75. The molecule has 10 heteroatoms. The summed E-state index contributed by atoms with van der Waals surface area (Å²) >= 11 is 0. The van der Waals surface area contributed by atoms with E-state index < -0.39 is 66.0 Å². The number of hydrogen-bond acceptors (Lipinski definition) is 10. The van der Waals surface area contributed by atoms with E-state index in [9.17, 15) is 29.7 Å². The summed E-state index contributed by atoms with van der Waals surface area (Å²) in [7, 11) is 0. The van der Waals surface area contributed by atoms with Crippen molar-refractivity contribution in [2.75, 3.05) is 0 Å². The lowest BCUT2D eigenvalue weighted by atomic mass is 9.79. The van der Waals surface area contributed by atoms with Crippen LogP contribution in [0.3, 0.4) is 0 Å². The highest BCUT2D eigenvalue weighted by atomic mass is 16.7. The summed E-state index contributed by atoms with van der Waals surface area (Å²) in [5.74, 6) is -2.24. The highest BCUT2D eigenvalue weighted by molar-refractivity contribution is 6.32. The number of hydrogen-bond donors (Lipinski definition) is 3. The number of carbonyl (C=O) groups is 3. The van der Waals surface area contributed by atoms with Crippen LogP contribution >= 0.6 is 0 Å². The molecule has 0 saturated carbocycles. The van der Waals surface area contributed by atoms with Gasteiger partial charge in [-0.3, -0.25) is 14.4 Å². The highest BCUT2D eigenvalue weighted by Gasteiger charge is 2.50. The molecule has 0 bridgehead atoms. The molecule has 0 spiro atoms. The van der Waals surface area contributed by atoms with Gasteiger partial charge in [-0.2, -0.15) is 0 Å². The number of benzene rings is 3. The summed E-state index contributed by atoms with van der Waals surface area (Å²) in [6.45, 7) is 5.22. The van der Waals surface area contributed by atoms with Crippen molar-refractivity contribution in [1.82, 2.24) is 0 Å². The van der Waals surface area contributed by atoms with E-state index in [-0.39, 0.29) is 57.4 Å². The Labute approximate surface area is 234 Å². The first-order chi connectivity index (χ1) is 19.5. The maximum atomic E-state index is 13.8. The molecule has 3 heterocycles. The number of aromatic hydroxyl groups is 3. The summed E-state index contributed by atoms with van der Waals surface area (Å²) in [5, 5.41) is 33.4. The molecular formula is C31H28O10. The van der Waals surface area contributed by atoms with Crippen LogP contribution in [0, 0.1) is 6.92 Å². The minimum Gasteiger partial charge on any atom is -0.507 e. The zero-order valence-corrected chi connectivity index (χ0v) is 22.5. The lowest BCUT2D eigenvalue weighted by Gasteiger charge is -2.49. The van der Waals surface area contributed by atoms with E-state index >= 15 is 0 Å². The molecule has 10 nitrogen and oxygen atoms in total. The van der Waals surface area contributed by atoms with Crippen LogP contribution in [0.15, 0.2) is 30.3 Å². The summed E-state index contributed by atoms with van der Waals surface area (Å²) < 4.78 is 24.3. The quantitative estimate of drug-likeness (QED) is 0.314. The largest absolute Gasteiger partial charge is 0.507 e. The first-order valence-electron chi connectivity index (χ1n) is 13.6. The van der Waals surface area contributed by atoms with Crippen molar-refractivity contribution in [3.05, 3.63) is 63.7 Å². The summed E-state index contributed by atoms with van der Waals surface area (Å²) in [6, 6.07) is 7.50. The van der Waals surface area contributed by atoms with Gasteiger partial charge in [-0.15, -0.1) is 0 Å². The third-order valence-electron chi connectivity index (χ3n) is 8.64. The van der Waals surface area contributed by atoms with Gasteiger partial charge in [-0.1, -0.05) is 6.07 Å². The van der Waals surface area contributed by atoms with Gasteiger partial charge in [0.25, 0.3) is 0 Å². The Hall–Kier alpha value is -3.83. The second-order valence-electron chi connectivity index (χ2n) is 11.3. The number of aryl methyl sites for hydroxylation is 1. The highest BCUT2D eigenvalue weighted by Crippen LogP contribution is 2.47. The summed E-state index contributed by atoms with van der Waals surface area (Å²) in [5.41, 5.74) is 0.484. The van der Waals surface area contributed by atoms with Crippen LogP contribution in [0.5, 0.6) is 17.2 Å². The van der Waals surface area contributed by atoms with Gasteiger partial charge in [0.05, 0.1) is 29.4 Å². The smallest absolute Gasteiger partial charge is 0.198 e. The summed E-state index contributed by atoms with van der Waals surface area (Å²) in [4.78, 5) is 39.4. The summed E-state index contributed by atoms with van der Waals surface area (Å²) in [6.07, 6.45) is -3.45. The number of phenolic OH excluding ortho intramolecular Hbond substituents is 3. The van der Waals surface area contributed by atoms with Gasteiger partial charge in [0.2, 0.25) is 0 Å². The standard InChI is InChI=1S/C31H28O10/c1-11-6-17-16(20(33)7-11)8-18-25(28(17)36)27(35)15-5-4-14(26(34)24(15)29(18)37)21-10-22-30(13(3)38-21)40-23-9-19(32)12(2)39-31(23)41-22/h4-8,12-13,21-23,30-31,33-34,36H,9-10H2,1-3H3/t12-,13-,21+,22-,23?,30-,31?/m1/s1. The molecule has 1 aliphatic carbocycles. The molecule has 3 saturated heterocycles. The molecular weight excluding hydrogens is 532 g/mol. The molecule has 3 aliphatic heterocycles. The predicted molar refractivity (Wildman–Crippen MR) is 142 cm³/mol. The van der Waals surface area contributed by atoms with Crippen LogP contribution in [-0.2, 0) is 23.7 Å². The van der Waals surface area contributed by atoms with Crippen LogP contribution in [0.1, 0.15) is 75.8 Å². The van der Waals surface area contributed by atoms with E-state index in [1.807, 2.05) is 6.92 Å². The van der Waals surface area contributed by atoms with Crippen molar-refractivity contribution in [3.63, 3.8) is 0 Å². The average Bonchev–Trinajstić information content (AvgIpc) is 2.92. The Morgan fingerprint density at radius 2 is 1.51 bits per heavy atom. The van der Waals surface area contributed by atoms with Crippen molar-refractivity contribution in [1.29, 1.82) is 0 Å². The third-order valence-corrected chi connectivity index (χ3v) is 8.64. The molecule has 7 rings (SSSR count). The van der Waals surface area contributed by atoms with E-state index in [4.69, 9.17) is 18.9 Å². The van der Waals surface area contributed by atoms with Gasteiger partial charge in [0.15, 0.2) is 23.6 Å². The van der Waals surface area contributed by atoms with Crippen LogP contribution in [-0.4, -0.2) is 69.5 Å². The monoisotopic (exact) mass is 560 g/mol. The molecule has 0 aromatic heterocycles. The number of phenols is 3. The van der Waals surface area contributed by atoms with Gasteiger partial charge in [0.1, 0.15) is 35.6 Å². The molecule has 3 N–H and O–H groups in total. The molecule has 0 amide bonds. The number of Topliss-reactive ketones (excluding diaryl/α,β-unsaturated/α-hetero) is 1. The second-order valence-corrected chi connectivity index (χ2v) is 11.3. The van der Waals surface area contributed by atoms with Gasteiger partial charge in [-0.25, -0.2) is 0 Å². The zero-order chi connectivity index (χ0) is 28.9. The van der Waals surface area contributed by atoms with Crippen molar-refractivity contribution in [3.8, 4) is 17.2 Å². The Morgan fingerprint density at radius 1 is 0.780 bits per heavy atom. The SMILES string of the molecule is Cc1cc(O)c2cc3c(c(O)c2c1)C(=O)c1ccc([C@@H]2C[C@H]4OC5O[C@H](C)C(=O)CC5O[C@@H]4[C@@H](C)O2)c(O)c1C3=O. The first-order valence-corrected chi connectivity index (χ1v) is 13.6. The molecule has 3 aromatic rings. The van der Waals surface area contributed by atoms with Gasteiger partial charge < -0.3 is 34.3 Å². The molecule has 0 radical (unpaired) electrons. The van der Waals surface area contributed by atoms with Gasteiger partial charge in [0, 0.05) is 40.3 Å². The van der Waals surface area contributed by atoms with E-state index in [1.165, 1.54) is 18.2 Å². The molecule has 41 heavy (non-hydrogen) atoms. The maximum absolute atomic E-state index is 13.8. The van der Waals surface area contributed by atoms with E-state index in [2.05, 4.69) is 0 Å².